The number of thiophene rings is 1. The summed E-state index contributed by atoms with van der Waals surface area (Å²) in [5, 5.41) is 1.54. The minimum atomic E-state index is -4.19. The molecule has 0 aliphatic carbocycles. The summed E-state index contributed by atoms with van der Waals surface area (Å²) < 4.78 is 39.4. The molecule has 0 spiro atoms. The fourth-order valence-corrected chi connectivity index (χ4v) is 3.25. The zero-order valence-corrected chi connectivity index (χ0v) is 11.5. The summed E-state index contributed by atoms with van der Waals surface area (Å²) in [5.74, 6) is 0. The van der Waals surface area contributed by atoms with Crippen LogP contribution >= 0.6 is 22.9 Å². The van der Waals surface area contributed by atoms with E-state index in [0.717, 1.165) is 15.0 Å². The summed E-state index contributed by atoms with van der Waals surface area (Å²) in [6, 6.07) is 7.17. The van der Waals surface area contributed by atoms with Crippen molar-refractivity contribution in [2.45, 2.75) is 26.4 Å². The zero-order chi connectivity index (χ0) is 13.6. The van der Waals surface area contributed by atoms with Crippen molar-refractivity contribution in [2.75, 3.05) is 0 Å². The predicted molar refractivity (Wildman–Crippen MR) is 70.4 cm³/mol. The van der Waals surface area contributed by atoms with Gasteiger partial charge in [0, 0.05) is 14.6 Å². The van der Waals surface area contributed by atoms with Gasteiger partial charge < -0.3 is 0 Å². The molecule has 5 heteroatoms. The minimum absolute atomic E-state index is 0.00648. The lowest BCUT2D eigenvalue weighted by molar-refractivity contribution is -0.210. The Labute approximate surface area is 112 Å². The molecule has 0 bridgehead atoms. The fourth-order valence-electron chi connectivity index (χ4n) is 1.68. The van der Waals surface area contributed by atoms with Crippen LogP contribution in [0.15, 0.2) is 24.3 Å². The molecular weight excluding hydrogens is 281 g/mol. The van der Waals surface area contributed by atoms with E-state index in [4.69, 9.17) is 11.6 Å². The molecule has 0 fully saturated rings. The van der Waals surface area contributed by atoms with Crippen LogP contribution in [0.4, 0.5) is 13.2 Å². The van der Waals surface area contributed by atoms with E-state index in [0.29, 0.717) is 5.02 Å². The van der Waals surface area contributed by atoms with Gasteiger partial charge in [-0.2, -0.15) is 13.2 Å². The van der Waals surface area contributed by atoms with Gasteiger partial charge in [0.1, 0.15) is 0 Å². The van der Waals surface area contributed by atoms with Gasteiger partial charge in [-0.1, -0.05) is 31.5 Å². The summed E-state index contributed by atoms with van der Waals surface area (Å²) in [4.78, 5) is 0.731. The highest BCUT2D eigenvalue weighted by Gasteiger charge is 2.47. The van der Waals surface area contributed by atoms with E-state index in [-0.39, 0.29) is 6.42 Å². The Morgan fingerprint density at radius 1 is 1.17 bits per heavy atom. The van der Waals surface area contributed by atoms with Gasteiger partial charge in [-0.3, -0.25) is 0 Å². The third kappa shape index (κ3) is 2.64. The highest BCUT2D eigenvalue weighted by atomic mass is 35.5. The lowest BCUT2D eigenvalue weighted by atomic mass is 9.88. The van der Waals surface area contributed by atoms with Crippen LogP contribution in [0.5, 0.6) is 0 Å². The topological polar surface area (TPSA) is 0 Å². The van der Waals surface area contributed by atoms with E-state index < -0.39 is 11.6 Å². The maximum Gasteiger partial charge on any atom is 0.394 e. The van der Waals surface area contributed by atoms with Crippen LogP contribution in [0.25, 0.3) is 10.1 Å². The summed E-state index contributed by atoms with van der Waals surface area (Å²) >= 11 is 7.23. The molecule has 0 amide bonds. The van der Waals surface area contributed by atoms with Crippen molar-refractivity contribution in [2.24, 2.45) is 5.41 Å². The number of alkyl halides is 3. The number of benzene rings is 1. The third-order valence-electron chi connectivity index (χ3n) is 2.92. The van der Waals surface area contributed by atoms with Crippen LogP contribution in [-0.2, 0) is 6.42 Å². The van der Waals surface area contributed by atoms with Crippen LogP contribution in [0.2, 0.25) is 5.02 Å². The molecule has 0 aliphatic heterocycles. The maximum absolute atomic E-state index is 12.8. The minimum Gasteiger partial charge on any atom is -0.171 e. The molecule has 0 nitrogen and oxygen atoms in total. The largest absolute Gasteiger partial charge is 0.394 e. The van der Waals surface area contributed by atoms with Gasteiger partial charge in [-0.05, 0) is 30.0 Å². The second-order valence-electron chi connectivity index (χ2n) is 4.95. The Morgan fingerprint density at radius 3 is 2.44 bits per heavy atom. The van der Waals surface area contributed by atoms with Gasteiger partial charge in [-0.25, -0.2) is 0 Å². The van der Waals surface area contributed by atoms with Crippen molar-refractivity contribution in [3.8, 4) is 0 Å². The normalized spacial score (nSPS) is 13.2. The molecule has 2 aromatic rings. The van der Waals surface area contributed by atoms with E-state index in [1.165, 1.54) is 25.2 Å². The first-order chi connectivity index (χ1) is 8.19. The molecule has 1 heterocycles. The summed E-state index contributed by atoms with van der Waals surface area (Å²) in [7, 11) is 0. The molecule has 0 aliphatic rings. The molecule has 0 atom stereocenters. The van der Waals surface area contributed by atoms with Crippen LogP contribution in [0.3, 0.4) is 0 Å². The third-order valence-corrected chi connectivity index (χ3v) is 4.25. The van der Waals surface area contributed by atoms with Gasteiger partial charge in [0.2, 0.25) is 0 Å². The SMILES string of the molecule is CC(C)(Cc1cc2ccc(Cl)cc2s1)C(F)(F)F. The number of hydrogen-bond acceptors (Lipinski definition) is 1. The molecular formula is C13H12ClF3S. The first kappa shape index (κ1) is 13.7. The quantitative estimate of drug-likeness (QED) is 0.667. The first-order valence-electron chi connectivity index (χ1n) is 5.44. The van der Waals surface area contributed by atoms with Crippen molar-refractivity contribution in [1.29, 1.82) is 0 Å². The van der Waals surface area contributed by atoms with Gasteiger partial charge in [0.25, 0.3) is 0 Å². The number of rotatable bonds is 2. The van der Waals surface area contributed by atoms with Crippen molar-refractivity contribution in [3.05, 3.63) is 34.2 Å². The smallest absolute Gasteiger partial charge is 0.171 e. The lowest BCUT2D eigenvalue weighted by Gasteiger charge is -2.26. The van der Waals surface area contributed by atoms with Gasteiger partial charge in [0.15, 0.2) is 0 Å². The number of fused-ring (bicyclic) bond motifs is 1. The maximum atomic E-state index is 12.8. The Balaban J connectivity index is 2.33. The molecule has 18 heavy (non-hydrogen) atoms. The predicted octanol–water partition coefficient (Wildman–Crippen LogP) is 5.69. The molecule has 0 radical (unpaired) electrons. The Morgan fingerprint density at radius 2 is 1.83 bits per heavy atom. The molecule has 98 valence electrons. The van der Waals surface area contributed by atoms with Crippen LogP contribution in [0.1, 0.15) is 18.7 Å². The summed E-state index contributed by atoms with van der Waals surface area (Å²) in [6.07, 6.45) is -4.20. The highest BCUT2D eigenvalue weighted by Crippen LogP contribution is 2.42. The van der Waals surface area contributed by atoms with Crippen LogP contribution < -0.4 is 0 Å². The Bertz CT molecular complexity index is 569. The number of hydrogen-bond donors (Lipinski definition) is 0. The van der Waals surface area contributed by atoms with Gasteiger partial charge >= 0.3 is 6.18 Å². The van der Waals surface area contributed by atoms with Crippen molar-refractivity contribution in [3.63, 3.8) is 0 Å². The molecule has 0 unspecified atom stereocenters. The van der Waals surface area contributed by atoms with Crippen molar-refractivity contribution in [1.82, 2.24) is 0 Å². The standard InChI is InChI=1S/C13H12ClF3S/c1-12(2,13(15,16)17)7-10-5-8-3-4-9(14)6-11(8)18-10/h3-6H,7H2,1-2H3. The molecule has 2 rings (SSSR count). The van der Waals surface area contributed by atoms with E-state index in [9.17, 15) is 13.2 Å². The molecule has 1 aromatic heterocycles. The van der Waals surface area contributed by atoms with E-state index >= 15 is 0 Å². The molecule has 0 saturated carbocycles. The van der Waals surface area contributed by atoms with Crippen molar-refractivity contribution < 1.29 is 13.2 Å². The van der Waals surface area contributed by atoms with Gasteiger partial charge in [-0.15, -0.1) is 11.3 Å². The van der Waals surface area contributed by atoms with E-state index in [1.807, 2.05) is 12.1 Å². The molecule has 1 aromatic carbocycles. The first-order valence-corrected chi connectivity index (χ1v) is 6.63. The summed E-state index contributed by atoms with van der Waals surface area (Å²) in [5.41, 5.74) is -1.71. The van der Waals surface area contributed by atoms with E-state index in [2.05, 4.69) is 0 Å². The van der Waals surface area contributed by atoms with Crippen LogP contribution in [-0.4, -0.2) is 6.18 Å². The average molecular weight is 293 g/mol. The van der Waals surface area contributed by atoms with Crippen molar-refractivity contribution >= 4 is 33.0 Å². The average Bonchev–Trinajstić information content (AvgIpc) is 2.56. The second kappa shape index (κ2) is 4.42. The summed E-state index contributed by atoms with van der Waals surface area (Å²) in [6.45, 7) is 2.45. The van der Waals surface area contributed by atoms with E-state index in [1.54, 1.807) is 12.1 Å². The second-order valence-corrected chi connectivity index (χ2v) is 6.56. The van der Waals surface area contributed by atoms with Crippen LogP contribution in [0, 0.1) is 5.41 Å². The monoisotopic (exact) mass is 292 g/mol. The molecule has 0 N–H and O–H groups in total. The fraction of sp³-hybridized carbons (Fsp3) is 0.385. The van der Waals surface area contributed by atoms with Gasteiger partial charge in [0.05, 0.1) is 5.41 Å². The molecule has 0 saturated heterocycles. The Kier molecular flexibility index (Phi) is 3.36. The lowest BCUT2D eigenvalue weighted by Crippen LogP contribution is -2.33. The number of halogens is 4. The zero-order valence-electron chi connectivity index (χ0n) is 9.94. The Hall–Kier alpha value is -0.740. The highest BCUT2D eigenvalue weighted by molar-refractivity contribution is 7.19.